The van der Waals surface area contributed by atoms with Crippen LogP contribution in [0.15, 0.2) is 34.3 Å². The third-order valence-electron chi connectivity index (χ3n) is 3.75. The maximum atomic E-state index is 12.7. The Hall–Kier alpha value is -0.700. The summed E-state index contributed by atoms with van der Waals surface area (Å²) in [5, 5.41) is 0. The molecule has 1 aromatic carbocycles. The van der Waals surface area contributed by atoms with Crippen LogP contribution in [0.4, 0.5) is 8.78 Å². The largest absolute Gasteiger partial charge is 0.245 e. The van der Waals surface area contributed by atoms with Gasteiger partial charge in [-0.15, -0.1) is 0 Å². The molecule has 0 aromatic heterocycles. The number of allylic oxidation sites excluding steroid dienone is 2. The van der Waals surface area contributed by atoms with E-state index in [4.69, 9.17) is 0 Å². The molecule has 0 amide bonds. The molecule has 0 saturated heterocycles. The van der Waals surface area contributed by atoms with Crippen molar-refractivity contribution in [2.75, 3.05) is 0 Å². The summed E-state index contributed by atoms with van der Waals surface area (Å²) in [5.41, 5.74) is 3.37. The Morgan fingerprint density at radius 3 is 2.63 bits per heavy atom. The molecule has 1 unspecified atom stereocenters. The van der Waals surface area contributed by atoms with Gasteiger partial charge in [0.2, 0.25) is 6.43 Å². The zero-order valence-corrected chi connectivity index (χ0v) is 12.7. The van der Waals surface area contributed by atoms with Crippen molar-refractivity contribution in [3.63, 3.8) is 0 Å². The average molecular weight is 329 g/mol. The minimum atomic E-state index is -2.32. The van der Waals surface area contributed by atoms with Crippen molar-refractivity contribution < 1.29 is 8.78 Å². The van der Waals surface area contributed by atoms with Crippen LogP contribution in [-0.4, -0.2) is 6.43 Å². The number of rotatable bonds is 4. The van der Waals surface area contributed by atoms with Gasteiger partial charge >= 0.3 is 0 Å². The summed E-state index contributed by atoms with van der Waals surface area (Å²) in [7, 11) is 0. The molecule has 0 saturated carbocycles. The fourth-order valence-corrected chi connectivity index (χ4v) is 3.30. The summed E-state index contributed by atoms with van der Waals surface area (Å²) in [6.07, 6.45) is 5.87. The van der Waals surface area contributed by atoms with Gasteiger partial charge in [0.25, 0.3) is 0 Å². The number of hydrogen-bond donors (Lipinski definition) is 0. The maximum Gasteiger partial charge on any atom is 0.245 e. The van der Waals surface area contributed by atoms with Crippen molar-refractivity contribution in [2.45, 2.75) is 51.4 Å². The van der Waals surface area contributed by atoms with Crippen molar-refractivity contribution in [2.24, 2.45) is 0 Å². The SMILES string of the molecule is CC(c1ccc(CC2=CCCCC2)cc1Br)C(F)F. The molecule has 0 aliphatic heterocycles. The first kappa shape index (κ1) is 14.7. The monoisotopic (exact) mass is 328 g/mol. The van der Waals surface area contributed by atoms with Crippen LogP contribution in [0.5, 0.6) is 0 Å². The summed E-state index contributed by atoms with van der Waals surface area (Å²) in [5.74, 6) is -0.725. The molecule has 0 nitrogen and oxygen atoms in total. The van der Waals surface area contributed by atoms with Gasteiger partial charge in [0.15, 0.2) is 0 Å². The van der Waals surface area contributed by atoms with E-state index in [0.29, 0.717) is 5.56 Å². The van der Waals surface area contributed by atoms with Crippen molar-refractivity contribution >= 4 is 15.9 Å². The quantitative estimate of drug-likeness (QED) is 0.607. The molecular formula is C16H19BrF2. The smallest absolute Gasteiger partial charge is 0.210 e. The van der Waals surface area contributed by atoms with E-state index in [-0.39, 0.29) is 0 Å². The molecule has 0 bridgehead atoms. The van der Waals surface area contributed by atoms with Crippen LogP contribution in [0.2, 0.25) is 0 Å². The van der Waals surface area contributed by atoms with E-state index < -0.39 is 12.3 Å². The van der Waals surface area contributed by atoms with Crippen molar-refractivity contribution in [1.29, 1.82) is 0 Å². The van der Waals surface area contributed by atoms with Gasteiger partial charge in [-0.05, 0) is 49.3 Å². The van der Waals surface area contributed by atoms with E-state index in [1.165, 1.54) is 36.8 Å². The highest BCUT2D eigenvalue weighted by Crippen LogP contribution is 2.31. The highest BCUT2D eigenvalue weighted by molar-refractivity contribution is 9.10. The Morgan fingerprint density at radius 1 is 1.26 bits per heavy atom. The molecule has 0 fully saturated rings. The van der Waals surface area contributed by atoms with Gasteiger partial charge in [-0.3, -0.25) is 0 Å². The fraction of sp³-hybridized carbons (Fsp3) is 0.500. The molecule has 0 N–H and O–H groups in total. The Morgan fingerprint density at radius 2 is 2.05 bits per heavy atom. The molecule has 2 rings (SSSR count). The topological polar surface area (TPSA) is 0 Å². The lowest BCUT2D eigenvalue weighted by molar-refractivity contribution is 0.121. The molecule has 0 spiro atoms. The lowest BCUT2D eigenvalue weighted by Crippen LogP contribution is -2.06. The third kappa shape index (κ3) is 3.88. The first-order chi connectivity index (χ1) is 9.08. The molecule has 3 heteroatoms. The average Bonchev–Trinajstić information content (AvgIpc) is 2.39. The van der Waals surface area contributed by atoms with Crippen LogP contribution in [0.1, 0.15) is 49.7 Å². The Kier molecular flexibility index (Phi) is 5.14. The molecule has 104 valence electrons. The van der Waals surface area contributed by atoms with Crippen molar-refractivity contribution in [3.05, 3.63) is 45.4 Å². The van der Waals surface area contributed by atoms with E-state index in [2.05, 4.69) is 22.0 Å². The van der Waals surface area contributed by atoms with Crippen LogP contribution in [0.25, 0.3) is 0 Å². The highest BCUT2D eigenvalue weighted by Gasteiger charge is 2.19. The number of halogens is 3. The molecular weight excluding hydrogens is 310 g/mol. The minimum Gasteiger partial charge on any atom is -0.210 e. The van der Waals surface area contributed by atoms with E-state index in [9.17, 15) is 8.78 Å². The van der Waals surface area contributed by atoms with Crippen molar-refractivity contribution in [3.8, 4) is 0 Å². The van der Waals surface area contributed by atoms with Crippen LogP contribution in [0.3, 0.4) is 0 Å². The highest BCUT2D eigenvalue weighted by atomic mass is 79.9. The van der Waals surface area contributed by atoms with E-state index >= 15 is 0 Å². The van der Waals surface area contributed by atoms with Crippen LogP contribution in [0, 0.1) is 0 Å². The maximum absolute atomic E-state index is 12.7. The molecule has 0 heterocycles. The zero-order chi connectivity index (χ0) is 13.8. The molecule has 1 aromatic rings. The van der Waals surface area contributed by atoms with Gasteiger partial charge in [-0.25, -0.2) is 8.78 Å². The van der Waals surface area contributed by atoms with Crippen LogP contribution >= 0.6 is 15.9 Å². The first-order valence-electron chi connectivity index (χ1n) is 6.82. The van der Waals surface area contributed by atoms with Gasteiger partial charge in [0, 0.05) is 10.4 Å². The summed E-state index contributed by atoms with van der Waals surface area (Å²) >= 11 is 3.43. The second-order valence-corrected chi connectivity index (χ2v) is 6.12. The van der Waals surface area contributed by atoms with Gasteiger partial charge in [0.1, 0.15) is 0 Å². The minimum absolute atomic E-state index is 0.691. The lowest BCUT2D eigenvalue weighted by atomic mass is 9.93. The number of alkyl halides is 2. The summed E-state index contributed by atoms with van der Waals surface area (Å²) in [4.78, 5) is 0. The van der Waals surface area contributed by atoms with Crippen LogP contribution < -0.4 is 0 Å². The molecule has 1 aliphatic carbocycles. The van der Waals surface area contributed by atoms with Gasteiger partial charge in [-0.2, -0.15) is 0 Å². The number of hydrogen-bond acceptors (Lipinski definition) is 0. The standard InChI is InChI=1S/C16H19BrF2/c1-11(16(18)19)14-8-7-13(10-15(14)17)9-12-5-3-2-4-6-12/h5,7-8,10-11,16H,2-4,6,9H2,1H3. The first-order valence-corrected chi connectivity index (χ1v) is 7.61. The third-order valence-corrected chi connectivity index (χ3v) is 4.44. The fourth-order valence-electron chi connectivity index (χ4n) is 2.51. The van der Waals surface area contributed by atoms with E-state index in [0.717, 1.165) is 10.9 Å². The van der Waals surface area contributed by atoms with Crippen LogP contribution in [-0.2, 0) is 6.42 Å². The van der Waals surface area contributed by atoms with Gasteiger partial charge in [-0.1, -0.05) is 46.6 Å². The van der Waals surface area contributed by atoms with E-state index in [1.807, 2.05) is 18.2 Å². The molecule has 19 heavy (non-hydrogen) atoms. The zero-order valence-electron chi connectivity index (χ0n) is 11.1. The Labute approximate surface area is 122 Å². The Balaban J connectivity index is 2.12. The summed E-state index contributed by atoms with van der Waals surface area (Å²) < 4.78 is 26.3. The van der Waals surface area contributed by atoms with Crippen molar-refractivity contribution in [1.82, 2.24) is 0 Å². The normalized spacial score (nSPS) is 17.4. The second kappa shape index (κ2) is 6.65. The van der Waals surface area contributed by atoms with E-state index in [1.54, 1.807) is 6.92 Å². The summed E-state index contributed by atoms with van der Waals surface area (Å²) in [6, 6.07) is 5.80. The molecule has 1 aliphatic rings. The van der Waals surface area contributed by atoms with Gasteiger partial charge < -0.3 is 0 Å². The molecule has 0 radical (unpaired) electrons. The number of benzene rings is 1. The lowest BCUT2D eigenvalue weighted by Gasteiger charge is -2.16. The Bertz CT molecular complexity index is 466. The predicted molar refractivity (Wildman–Crippen MR) is 78.8 cm³/mol. The molecule has 1 atom stereocenters. The summed E-state index contributed by atoms with van der Waals surface area (Å²) in [6.45, 7) is 1.56. The predicted octanol–water partition coefficient (Wildman–Crippen LogP) is 5.86. The van der Waals surface area contributed by atoms with Gasteiger partial charge in [0.05, 0.1) is 0 Å². The second-order valence-electron chi connectivity index (χ2n) is 5.26.